The van der Waals surface area contributed by atoms with Gasteiger partial charge in [-0.1, -0.05) is 30.8 Å². The van der Waals surface area contributed by atoms with Crippen molar-refractivity contribution in [1.29, 1.82) is 5.26 Å². The zero-order valence-electron chi connectivity index (χ0n) is 20.3. The van der Waals surface area contributed by atoms with Gasteiger partial charge in [0, 0.05) is 38.6 Å². The number of sulfonamides is 1. The normalized spacial score (nSPS) is 17.0. The predicted molar refractivity (Wildman–Crippen MR) is 139 cm³/mol. The van der Waals surface area contributed by atoms with E-state index in [1.54, 1.807) is 34.3 Å². The maximum atomic E-state index is 13.3. The molecule has 0 bridgehead atoms. The van der Waals surface area contributed by atoms with Crippen molar-refractivity contribution in [2.75, 3.05) is 26.3 Å². The van der Waals surface area contributed by atoms with E-state index in [0.29, 0.717) is 53.9 Å². The van der Waals surface area contributed by atoms with E-state index in [2.05, 4.69) is 17.6 Å². The molecule has 1 aliphatic rings. The molecule has 0 aliphatic carbocycles. The van der Waals surface area contributed by atoms with Crippen molar-refractivity contribution in [3.8, 4) is 6.07 Å². The molecule has 1 aliphatic heterocycles. The molecule has 1 atom stereocenters. The Balaban J connectivity index is 1.63. The van der Waals surface area contributed by atoms with Gasteiger partial charge in [0.15, 0.2) is 5.16 Å². The number of fused-ring (bicyclic) bond motifs is 1. The maximum absolute atomic E-state index is 13.3. The number of benzene rings is 2. The first kappa shape index (κ1) is 25.7. The standard InChI is InChI=1S/C26H32N4O3S2/c1-3-33-14-6-13-30-25-11-10-23(35(31,32)29-12-5-7-20(2)18-29)16-24(25)28-26(30)34-19-22-9-4-8-21(15-22)17-27/h4,8-11,15-16,20H,3,5-7,12-14,18-19H2,1-2H3/t20-/m0/s1. The quantitative estimate of drug-likeness (QED) is 0.279. The Morgan fingerprint density at radius 2 is 2.11 bits per heavy atom. The van der Waals surface area contributed by atoms with E-state index < -0.39 is 10.0 Å². The molecular formula is C26H32N4O3S2. The summed E-state index contributed by atoms with van der Waals surface area (Å²) in [5, 5.41) is 10.0. The van der Waals surface area contributed by atoms with Crippen LogP contribution in [-0.2, 0) is 27.1 Å². The summed E-state index contributed by atoms with van der Waals surface area (Å²) in [5.41, 5.74) is 3.28. The largest absolute Gasteiger partial charge is 0.382 e. The lowest BCUT2D eigenvalue weighted by Crippen LogP contribution is -2.39. The minimum Gasteiger partial charge on any atom is -0.382 e. The van der Waals surface area contributed by atoms with Crippen molar-refractivity contribution in [2.24, 2.45) is 5.92 Å². The van der Waals surface area contributed by atoms with Crippen LogP contribution >= 0.6 is 11.8 Å². The third-order valence-corrected chi connectivity index (χ3v) is 9.15. The van der Waals surface area contributed by atoms with Crippen molar-refractivity contribution in [3.63, 3.8) is 0 Å². The van der Waals surface area contributed by atoms with Crippen LogP contribution in [0.5, 0.6) is 0 Å². The Kier molecular flexibility index (Phi) is 8.50. The molecule has 0 saturated carbocycles. The molecule has 1 fully saturated rings. The van der Waals surface area contributed by atoms with E-state index in [0.717, 1.165) is 42.0 Å². The van der Waals surface area contributed by atoms with Gasteiger partial charge in [0.05, 0.1) is 27.6 Å². The molecule has 0 N–H and O–H groups in total. The number of aromatic nitrogens is 2. The average Bonchev–Trinajstić information content (AvgIpc) is 3.22. The molecule has 3 aromatic rings. The van der Waals surface area contributed by atoms with Crippen LogP contribution in [0.1, 0.15) is 44.2 Å². The van der Waals surface area contributed by atoms with Crippen molar-refractivity contribution in [1.82, 2.24) is 13.9 Å². The zero-order chi connectivity index (χ0) is 24.8. The topological polar surface area (TPSA) is 88.2 Å². The highest BCUT2D eigenvalue weighted by Gasteiger charge is 2.29. The SMILES string of the molecule is CCOCCCn1c(SCc2cccc(C#N)c2)nc2cc(S(=O)(=O)N3CCC[C@H](C)C3)ccc21. The van der Waals surface area contributed by atoms with Crippen LogP contribution in [0.2, 0.25) is 0 Å². The predicted octanol–water partition coefficient (Wildman–Crippen LogP) is 5.05. The number of ether oxygens (including phenoxy) is 1. The minimum atomic E-state index is -3.55. The molecule has 186 valence electrons. The number of hydrogen-bond acceptors (Lipinski definition) is 6. The van der Waals surface area contributed by atoms with E-state index in [-0.39, 0.29) is 0 Å². The highest BCUT2D eigenvalue weighted by Crippen LogP contribution is 2.30. The van der Waals surface area contributed by atoms with Gasteiger partial charge in [0.1, 0.15) is 0 Å². The van der Waals surface area contributed by atoms with Crippen molar-refractivity contribution >= 4 is 32.8 Å². The summed E-state index contributed by atoms with van der Waals surface area (Å²) < 4.78 is 35.9. The van der Waals surface area contributed by atoms with Crippen LogP contribution in [0, 0.1) is 17.2 Å². The van der Waals surface area contributed by atoms with Crippen LogP contribution in [0.4, 0.5) is 0 Å². The monoisotopic (exact) mass is 512 g/mol. The molecule has 9 heteroatoms. The number of hydrogen-bond donors (Lipinski definition) is 0. The fourth-order valence-electron chi connectivity index (χ4n) is 4.44. The molecule has 1 saturated heterocycles. The Labute approximate surface area is 212 Å². The second-order valence-corrected chi connectivity index (χ2v) is 11.8. The van der Waals surface area contributed by atoms with E-state index in [1.165, 1.54) is 0 Å². The first-order chi connectivity index (χ1) is 16.9. The molecule has 0 unspecified atom stereocenters. The average molecular weight is 513 g/mol. The maximum Gasteiger partial charge on any atom is 0.243 e. The second-order valence-electron chi connectivity index (χ2n) is 8.96. The summed E-state index contributed by atoms with van der Waals surface area (Å²) in [5.74, 6) is 1.04. The highest BCUT2D eigenvalue weighted by molar-refractivity contribution is 7.98. The van der Waals surface area contributed by atoms with Gasteiger partial charge in [-0.15, -0.1) is 0 Å². The lowest BCUT2D eigenvalue weighted by Gasteiger charge is -2.30. The lowest BCUT2D eigenvalue weighted by molar-refractivity contribution is 0.141. The number of piperidine rings is 1. The van der Waals surface area contributed by atoms with Gasteiger partial charge in [-0.2, -0.15) is 9.57 Å². The Hall–Kier alpha value is -2.38. The van der Waals surface area contributed by atoms with Crippen LogP contribution in [0.3, 0.4) is 0 Å². The summed E-state index contributed by atoms with van der Waals surface area (Å²) >= 11 is 1.59. The van der Waals surface area contributed by atoms with Crippen LogP contribution < -0.4 is 0 Å². The summed E-state index contributed by atoms with van der Waals surface area (Å²) in [6.07, 6.45) is 2.79. The summed E-state index contributed by atoms with van der Waals surface area (Å²) in [6, 6.07) is 15.1. The number of nitrogens with zero attached hydrogens (tertiary/aromatic N) is 4. The molecule has 0 radical (unpaired) electrons. The molecule has 2 aromatic carbocycles. The highest BCUT2D eigenvalue weighted by atomic mass is 32.2. The molecule has 0 spiro atoms. The molecule has 1 aromatic heterocycles. The first-order valence-corrected chi connectivity index (χ1v) is 14.5. The van der Waals surface area contributed by atoms with Crippen molar-refractivity contribution in [2.45, 2.75) is 55.5 Å². The zero-order valence-corrected chi connectivity index (χ0v) is 21.9. The van der Waals surface area contributed by atoms with Gasteiger partial charge in [-0.3, -0.25) is 0 Å². The number of imidazole rings is 1. The molecular weight excluding hydrogens is 480 g/mol. The van der Waals surface area contributed by atoms with E-state index in [9.17, 15) is 13.7 Å². The van der Waals surface area contributed by atoms with E-state index in [1.807, 2.05) is 31.2 Å². The third kappa shape index (κ3) is 6.07. The van der Waals surface area contributed by atoms with Gasteiger partial charge < -0.3 is 9.30 Å². The molecule has 7 nitrogen and oxygen atoms in total. The number of nitriles is 1. The third-order valence-electron chi connectivity index (χ3n) is 6.24. The van der Waals surface area contributed by atoms with Gasteiger partial charge >= 0.3 is 0 Å². The molecule has 0 amide bonds. The Morgan fingerprint density at radius 3 is 2.89 bits per heavy atom. The first-order valence-electron chi connectivity index (χ1n) is 12.1. The van der Waals surface area contributed by atoms with E-state index in [4.69, 9.17) is 9.72 Å². The van der Waals surface area contributed by atoms with Crippen LogP contribution in [0.25, 0.3) is 11.0 Å². The van der Waals surface area contributed by atoms with Gasteiger partial charge in [0.25, 0.3) is 0 Å². The number of aryl methyl sites for hydroxylation is 1. The van der Waals surface area contributed by atoms with Crippen LogP contribution in [-0.4, -0.2) is 48.6 Å². The molecule has 4 rings (SSSR count). The van der Waals surface area contributed by atoms with Gasteiger partial charge in [0.2, 0.25) is 10.0 Å². The van der Waals surface area contributed by atoms with Crippen molar-refractivity contribution < 1.29 is 13.2 Å². The minimum absolute atomic E-state index is 0.302. The summed E-state index contributed by atoms with van der Waals surface area (Å²) in [7, 11) is -3.55. The molecule has 35 heavy (non-hydrogen) atoms. The molecule has 2 heterocycles. The smallest absolute Gasteiger partial charge is 0.243 e. The van der Waals surface area contributed by atoms with Crippen LogP contribution in [0.15, 0.2) is 52.5 Å². The number of thioether (sulfide) groups is 1. The summed E-state index contributed by atoms with van der Waals surface area (Å²) in [6.45, 7) is 7.28. The van der Waals surface area contributed by atoms with Gasteiger partial charge in [-0.25, -0.2) is 13.4 Å². The fraction of sp³-hybridized carbons (Fsp3) is 0.462. The number of rotatable bonds is 10. The Bertz CT molecular complexity index is 1310. The Morgan fingerprint density at radius 1 is 1.26 bits per heavy atom. The van der Waals surface area contributed by atoms with Crippen molar-refractivity contribution in [3.05, 3.63) is 53.6 Å². The summed E-state index contributed by atoms with van der Waals surface area (Å²) in [4.78, 5) is 5.14. The van der Waals surface area contributed by atoms with E-state index >= 15 is 0 Å². The second kappa shape index (κ2) is 11.6. The van der Waals surface area contributed by atoms with Gasteiger partial charge in [-0.05, 0) is 68.0 Å². The lowest BCUT2D eigenvalue weighted by atomic mass is 10.0. The fourth-order valence-corrected chi connectivity index (χ4v) is 7.04.